The number of hydrogen-bond acceptors (Lipinski definition) is 3. The Hall–Kier alpha value is -0.590. The maximum atomic E-state index is 11.8. The zero-order valence-corrected chi connectivity index (χ0v) is 14.9. The molecule has 0 spiro atoms. The predicted molar refractivity (Wildman–Crippen MR) is 90.3 cm³/mol. The van der Waals surface area contributed by atoms with Gasteiger partial charge in [0, 0.05) is 9.37 Å². The van der Waals surface area contributed by atoms with Gasteiger partial charge in [0.25, 0.3) is 5.56 Å². The second kappa shape index (κ2) is 7.43. The number of aromatic nitrogens is 2. The summed E-state index contributed by atoms with van der Waals surface area (Å²) >= 11 is 8.37. The summed E-state index contributed by atoms with van der Waals surface area (Å²) in [5.41, 5.74) is 0.734. The lowest BCUT2D eigenvalue weighted by Crippen LogP contribution is -2.15. The average Bonchev–Trinajstić information content (AvgIpc) is 2.44. The van der Waals surface area contributed by atoms with Crippen LogP contribution in [0.1, 0.15) is 24.9 Å². The van der Waals surface area contributed by atoms with E-state index in [1.807, 2.05) is 24.3 Å². The Morgan fingerprint density at radius 1 is 1.25 bits per heavy atom. The number of thioether (sulfide) groups is 1. The molecule has 1 aromatic carbocycles. The van der Waals surface area contributed by atoms with Crippen LogP contribution in [0.2, 0.25) is 0 Å². The highest BCUT2D eigenvalue weighted by Crippen LogP contribution is 2.23. The highest BCUT2D eigenvalue weighted by Gasteiger charge is 2.08. The smallest absolute Gasteiger partial charge is 0.265 e. The molecule has 0 unspecified atom stereocenters. The Morgan fingerprint density at radius 2 is 1.95 bits per heavy atom. The second-order valence-electron chi connectivity index (χ2n) is 4.27. The first kappa shape index (κ1) is 15.8. The molecule has 0 fully saturated rings. The van der Waals surface area contributed by atoms with Crippen LogP contribution in [0.5, 0.6) is 0 Å². The summed E-state index contributed by atoms with van der Waals surface area (Å²) in [6, 6.07) is 8.09. The summed E-state index contributed by atoms with van der Waals surface area (Å²) in [4.78, 5) is 20.3. The van der Waals surface area contributed by atoms with Crippen LogP contribution < -0.4 is 5.56 Å². The van der Waals surface area contributed by atoms with Crippen molar-refractivity contribution >= 4 is 43.6 Å². The molecule has 2 aromatic rings. The van der Waals surface area contributed by atoms with Crippen molar-refractivity contribution in [2.75, 3.05) is 0 Å². The molecule has 2 rings (SSSR count). The van der Waals surface area contributed by atoms with Crippen LogP contribution in [0.15, 0.2) is 42.9 Å². The molecule has 106 valence electrons. The Balaban J connectivity index is 2.13. The van der Waals surface area contributed by atoms with E-state index in [4.69, 9.17) is 0 Å². The number of benzene rings is 1. The van der Waals surface area contributed by atoms with Gasteiger partial charge in [-0.1, -0.05) is 29.3 Å². The fourth-order valence-electron chi connectivity index (χ4n) is 1.71. The van der Waals surface area contributed by atoms with Gasteiger partial charge in [-0.05, 0) is 46.6 Å². The number of halogens is 2. The first-order chi connectivity index (χ1) is 9.60. The molecule has 0 bridgehead atoms. The van der Waals surface area contributed by atoms with Crippen LogP contribution in [0.3, 0.4) is 0 Å². The van der Waals surface area contributed by atoms with Crippen molar-refractivity contribution in [1.29, 1.82) is 0 Å². The molecular formula is C14H14Br2N2OS. The molecule has 0 saturated carbocycles. The average molecular weight is 418 g/mol. The van der Waals surface area contributed by atoms with E-state index in [9.17, 15) is 4.79 Å². The van der Waals surface area contributed by atoms with Gasteiger partial charge < -0.3 is 4.98 Å². The summed E-state index contributed by atoms with van der Waals surface area (Å²) in [5, 5.41) is 0. The molecule has 1 heterocycles. The molecule has 1 N–H and O–H groups in total. The van der Waals surface area contributed by atoms with Crippen molar-refractivity contribution in [2.24, 2.45) is 0 Å². The minimum atomic E-state index is -0.102. The predicted octanol–water partition coefficient (Wildman–Crippen LogP) is 4.54. The summed E-state index contributed by atoms with van der Waals surface area (Å²) in [5.74, 6) is 1.37. The maximum Gasteiger partial charge on any atom is 0.265 e. The third kappa shape index (κ3) is 4.20. The van der Waals surface area contributed by atoms with Crippen LogP contribution in [0, 0.1) is 0 Å². The number of aryl methyl sites for hydroxylation is 1. The summed E-state index contributed by atoms with van der Waals surface area (Å²) in [6.07, 6.45) is 1.77. The fourth-order valence-corrected chi connectivity index (χ4v) is 3.13. The van der Waals surface area contributed by atoms with Crippen molar-refractivity contribution in [1.82, 2.24) is 9.97 Å². The lowest BCUT2D eigenvalue weighted by atomic mass is 10.2. The molecular weight excluding hydrogens is 404 g/mol. The van der Waals surface area contributed by atoms with E-state index >= 15 is 0 Å². The maximum absolute atomic E-state index is 11.8. The molecule has 6 heteroatoms. The first-order valence-corrected chi connectivity index (χ1v) is 8.83. The summed E-state index contributed by atoms with van der Waals surface area (Å²) < 4.78 is 1.61. The highest BCUT2D eigenvalue weighted by molar-refractivity contribution is 9.10. The largest absolute Gasteiger partial charge is 0.309 e. The van der Waals surface area contributed by atoms with Crippen LogP contribution >= 0.6 is 43.6 Å². The van der Waals surface area contributed by atoms with E-state index in [0.717, 1.165) is 33.7 Å². The quantitative estimate of drug-likeness (QED) is 0.726. The molecule has 0 amide bonds. The van der Waals surface area contributed by atoms with Gasteiger partial charge in [0.15, 0.2) is 0 Å². The van der Waals surface area contributed by atoms with Gasteiger partial charge in [0.1, 0.15) is 10.3 Å². The number of H-pyrrole nitrogens is 1. The molecule has 0 aliphatic rings. The molecule has 1 aromatic heterocycles. The second-order valence-corrected chi connectivity index (χ2v) is 7.02. The van der Waals surface area contributed by atoms with Crippen molar-refractivity contribution in [3.8, 4) is 0 Å². The number of hydrogen-bond donors (Lipinski definition) is 1. The van der Waals surface area contributed by atoms with Gasteiger partial charge in [0.05, 0.1) is 11.4 Å². The number of aromatic amines is 1. The SMILES string of the molecule is CCCc1nc(CSc2ccc(Br)cc2)[nH]c(=O)c1Br. The summed E-state index contributed by atoms with van der Waals surface area (Å²) in [7, 11) is 0. The minimum Gasteiger partial charge on any atom is -0.309 e. The fraction of sp³-hybridized carbons (Fsp3) is 0.286. The monoisotopic (exact) mass is 416 g/mol. The molecule has 0 atom stereocenters. The van der Waals surface area contributed by atoms with Crippen LogP contribution in [-0.4, -0.2) is 9.97 Å². The lowest BCUT2D eigenvalue weighted by molar-refractivity contribution is 0.835. The van der Waals surface area contributed by atoms with Gasteiger partial charge in [-0.15, -0.1) is 11.8 Å². The Kier molecular flexibility index (Phi) is 5.86. The number of nitrogens with one attached hydrogen (secondary N) is 1. The van der Waals surface area contributed by atoms with Crippen LogP contribution in [0.25, 0.3) is 0 Å². The van der Waals surface area contributed by atoms with Gasteiger partial charge in [-0.2, -0.15) is 0 Å². The van der Waals surface area contributed by atoms with E-state index in [0.29, 0.717) is 10.2 Å². The zero-order valence-electron chi connectivity index (χ0n) is 11.0. The highest BCUT2D eigenvalue weighted by atomic mass is 79.9. The topological polar surface area (TPSA) is 45.8 Å². The van der Waals surface area contributed by atoms with Gasteiger partial charge in [-0.25, -0.2) is 4.98 Å². The van der Waals surface area contributed by atoms with E-state index < -0.39 is 0 Å². The van der Waals surface area contributed by atoms with E-state index in [1.165, 1.54) is 0 Å². The van der Waals surface area contributed by atoms with Crippen molar-refractivity contribution in [3.05, 3.63) is 55.1 Å². The third-order valence-corrected chi connectivity index (χ3v) is 5.03. The third-order valence-electron chi connectivity index (χ3n) is 2.66. The Morgan fingerprint density at radius 3 is 2.60 bits per heavy atom. The Bertz CT molecular complexity index is 641. The van der Waals surface area contributed by atoms with Gasteiger partial charge in [-0.3, -0.25) is 4.79 Å². The van der Waals surface area contributed by atoms with Crippen LogP contribution in [-0.2, 0) is 12.2 Å². The van der Waals surface area contributed by atoms with E-state index in [1.54, 1.807) is 11.8 Å². The van der Waals surface area contributed by atoms with E-state index in [2.05, 4.69) is 48.8 Å². The number of nitrogens with zero attached hydrogens (tertiary/aromatic N) is 1. The Labute approximate surface area is 138 Å². The zero-order chi connectivity index (χ0) is 14.5. The minimum absolute atomic E-state index is 0.102. The molecule has 0 aliphatic heterocycles. The normalized spacial score (nSPS) is 10.8. The first-order valence-electron chi connectivity index (χ1n) is 6.26. The van der Waals surface area contributed by atoms with E-state index in [-0.39, 0.29) is 5.56 Å². The molecule has 0 aliphatic carbocycles. The van der Waals surface area contributed by atoms with Gasteiger partial charge in [0.2, 0.25) is 0 Å². The molecule has 0 saturated heterocycles. The molecule has 20 heavy (non-hydrogen) atoms. The standard InChI is InChI=1S/C14H14Br2N2OS/c1-2-3-11-13(16)14(19)18-12(17-11)8-20-10-6-4-9(15)5-7-10/h4-7H,2-3,8H2,1H3,(H,17,18,19). The van der Waals surface area contributed by atoms with Crippen molar-refractivity contribution in [3.63, 3.8) is 0 Å². The molecule has 0 radical (unpaired) electrons. The number of rotatable bonds is 5. The summed E-state index contributed by atoms with van der Waals surface area (Å²) in [6.45, 7) is 2.07. The van der Waals surface area contributed by atoms with Crippen molar-refractivity contribution < 1.29 is 0 Å². The molecule has 3 nitrogen and oxygen atoms in total. The van der Waals surface area contributed by atoms with Gasteiger partial charge >= 0.3 is 0 Å². The van der Waals surface area contributed by atoms with Crippen molar-refractivity contribution in [2.45, 2.75) is 30.4 Å². The van der Waals surface area contributed by atoms with Crippen LogP contribution in [0.4, 0.5) is 0 Å². The lowest BCUT2D eigenvalue weighted by Gasteiger charge is -2.06.